The molecule has 1 saturated heterocycles. The Labute approximate surface area is 170 Å². The van der Waals surface area contributed by atoms with Crippen molar-refractivity contribution in [1.29, 1.82) is 0 Å². The third-order valence-electron chi connectivity index (χ3n) is 6.68. The second-order valence-electron chi connectivity index (χ2n) is 8.82. The van der Waals surface area contributed by atoms with Gasteiger partial charge in [-0.15, -0.1) is 0 Å². The van der Waals surface area contributed by atoms with Gasteiger partial charge >= 0.3 is 11.9 Å². The molecule has 2 heterocycles. The molecule has 1 saturated carbocycles. The van der Waals surface area contributed by atoms with Crippen LogP contribution in [0.15, 0.2) is 9.59 Å². The number of likely N-dealkylation sites (tertiary alicyclic amines) is 1. The van der Waals surface area contributed by atoms with E-state index in [9.17, 15) is 22.8 Å². The van der Waals surface area contributed by atoms with Gasteiger partial charge in [-0.1, -0.05) is 0 Å². The lowest BCUT2D eigenvalue weighted by Gasteiger charge is -2.35. The molecular formula is C20H26F4N4O2. The molecule has 0 radical (unpaired) electrons. The predicted octanol–water partition coefficient (Wildman–Crippen LogP) is 0.535. The molecule has 0 aromatic carbocycles. The number of nitrogens with zero attached hydrogens (tertiary/aromatic N) is 2. The van der Waals surface area contributed by atoms with Crippen LogP contribution in [-0.4, -0.2) is 52.0 Å². The van der Waals surface area contributed by atoms with Crippen LogP contribution < -0.4 is 27.6 Å². The summed E-state index contributed by atoms with van der Waals surface area (Å²) in [5.74, 6) is -0.391. The molecule has 0 amide bonds. The minimum absolute atomic E-state index is 0.0193. The predicted molar refractivity (Wildman–Crippen MR) is 104 cm³/mol. The smallest absolute Gasteiger partial charge is 0.327 e. The third kappa shape index (κ3) is 3.64. The highest BCUT2D eigenvalue weighted by Gasteiger charge is 2.42. The zero-order chi connectivity index (χ0) is 22.0. The molecule has 2 fully saturated rings. The first-order valence-corrected chi connectivity index (χ1v) is 10.3. The van der Waals surface area contributed by atoms with Crippen LogP contribution in [0.1, 0.15) is 45.6 Å². The van der Waals surface area contributed by atoms with Crippen molar-refractivity contribution in [2.75, 3.05) is 13.1 Å². The fourth-order valence-corrected chi connectivity index (χ4v) is 5.03. The van der Waals surface area contributed by atoms with E-state index >= 15 is 4.39 Å². The summed E-state index contributed by atoms with van der Waals surface area (Å²) in [6.45, 7) is 3.92. The molecule has 3 aliphatic rings. The Morgan fingerprint density at radius 3 is 2.43 bits per heavy atom. The number of halogens is 4. The van der Waals surface area contributed by atoms with Crippen LogP contribution in [0, 0.1) is 5.92 Å². The van der Waals surface area contributed by atoms with Gasteiger partial charge < -0.3 is 5.73 Å². The summed E-state index contributed by atoms with van der Waals surface area (Å²) in [4.78, 5) is 29.1. The van der Waals surface area contributed by atoms with E-state index in [1.54, 1.807) is 18.4 Å². The van der Waals surface area contributed by atoms with Crippen molar-refractivity contribution in [3.05, 3.63) is 31.4 Å². The van der Waals surface area contributed by atoms with Crippen molar-refractivity contribution in [2.24, 2.45) is 11.7 Å². The number of nitrogens with one attached hydrogen (secondary N) is 1. The van der Waals surface area contributed by atoms with E-state index in [1.165, 1.54) is 0 Å². The first kappa shape index (κ1) is 21.3. The van der Waals surface area contributed by atoms with E-state index in [1.807, 2.05) is 4.90 Å². The Kier molecular flexibility index (Phi) is 5.21. The zero-order valence-corrected chi connectivity index (χ0v) is 16.9. The number of aromatic nitrogens is 2. The summed E-state index contributed by atoms with van der Waals surface area (Å²) in [7, 11) is 0. The monoisotopic (exact) mass is 430 g/mol. The van der Waals surface area contributed by atoms with Crippen molar-refractivity contribution in [1.82, 2.24) is 14.5 Å². The maximum Gasteiger partial charge on any atom is 0.390 e. The summed E-state index contributed by atoms with van der Waals surface area (Å²) in [6, 6.07) is -1.79. The third-order valence-corrected chi connectivity index (χ3v) is 6.68. The van der Waals surface area contributed by atoms with E-state index < -0.39 is 48.0 Å². The van der Waals surface area contributed by atoms with Crippen LogP contribution in [-0.2, 0) is 0 Å². The normalized spacial score (nSPS) is 28.7. The van der Waals surface area contributed by atoms with Crippen LogP contribution in [0.4, 0.5) is 17.6 Å². The van der Waals surface area contributed by atoms with Gasteiger partial charge in [0.1, 0.15) is 6.17 Å². The Bertz CT molecular complexity index is 1090. The number of hydrogen-bond acceptors (Lipinski definition) is 4. The second kappa shape index (κ2) is 7.33. The van der Waals surface area contributed by atoms with Crippen molar-refractivity contribution in [3.63, 3.8) is 0 Å². The second-order valence-corrected chi connectivity index (χ2v) is 8.82. The SMILES string of the molecule is CC1=c2c(=O)[nH]c(=O)n(C3CC3)c2=C(C)C(N2CCC(C(N)CC(F)(F)F)C2)C1F. The standard InChI is InChI=1S/C20H26F4N4O2/c1-9-14-16(28(12-3-4-12)19(30)26-18(14)29)10(2)17(15(9)21)27-6-5-11(8-27)13(25)7-20(22,23)24/h11-13,15,17H,3-8,25H2,1-2H3,(H,26,29,30). The highest BCUT2D eigenvalue weighted by Crippen LogP contribution is 2.34. The average Bonchev–Trinajstić information content (AvgIpc) is 3.34. The molecular weight excluding hydrogens is 404 g/mol. The van der Waals surface area contributed by atoms with E-state index in [-0.39, 0.29) is 23.4 Å². The van der Waals surface area contributed by atoms with Crippen molar-refractivity contribution in [2.45, 2.75) is 70.0 Å². The molecule has 166 valence electrons. The Morgan fingerprint density at radius 1 is 1.17 bits per heavy atom. The molecule has 1 aromatic rings. The van der Waals surface area contributed by atoms with Crippen LogP contribution in [0.5, 0.6) is 0 Å². The van der Waals surface area contributed by atoms with Gasteiger partial charge in [-0.3, -0.25) is 19.2 Å². The van der Waals surface area contributed by atoms with Gasteiger partial charge in [0.15, 0.2) is 0 Å². The number of H-pyrrole nitrogens is 1. The van der Waals surface area contributed by atoms with E-state index in [0.717, 1.165) is 12.8 Å². The first-order chi connectivity index (χ1) is 14.0. The van der Waals surface area contributed by atoms with Gasteiger partial charge in [0.25, 0.3) is 5.56 Å². The summed E-state index contributed by atoms with van der Waals surface area (Å²) in [6.07, 6.45) is -4.82. The maximum atomic E-state index is 15.5. The maximum absolute atomic E-state index is 15.5. The van der Waals surface area contributed by atoms with Crippen LogP contribution in [0.2, 0.25) is 0 Å². The molecule has 4 unspecified atom stereocenters. The van der Waals surface area contributed by atoms with Crippen LogP contribution in [0.25, 0.3) is 11.1 Å². The van der Waals surface area contributed by atoms with Crippen LogP contribution >= 0.6 is 0 Å². The fraction of sp³-hybridized carbons (Fsp3) is 0.700. The lowest BCUT2D eigenvalue weighted by atomic mass is 9.90. The highest BCUT2D eigenvalue weighted by atomic mass is 19.4. The number of fused-ring (bicyclic) bond motifs is 1. The molecule has 0 spiro atoms. The number of nitrogens with two attached hydrogens (primary N) is 1. The number of hydrogen-bond donors (Lipinski definition) is 2. The van der Waals surface area contributed by atoms with Gasteiger partial charge in [-0.25, -0.2) is 9.18 Å². The largest absolute Gasteiger partial charge is 0.390 e. The van der Waals surface area contributed by atoms with Gasteiger partial charge in [0, 0.05) is 18.6 Å². The lowest BCUT2D eigenvalue weighted by Crippen LogP contribution is -2.61. The molecule has 10 heteroatoms. The van der Waals surface area contributed by atoms with E-state index in [0.29, 0.717) is 23.9 Å². The zero-order valence-electron chi connectivity index (χ0n) is 16.9. The molecule has 0 bridgehead atoms. The highest BCUT2D eigenvalue weighted by molar-refractivity contribution is 5.62. The quantitative estimate of drug-likeness (QED) is 0.683. The first-order valence-electron chi connectivity index (χ1n) is 10.3. The van der Waals surface area contributed by atoms with Crippen molar-refractivity contribution < 1.29 is 17.6 Å². The molecule has 30 heavy (non-hydrogen) atoms. The van der Waals surface area contributed by atoms with E-state index in [2.05, 4.69) is 4.98 Å². The van der Waals surface area contributed by atoms with Gasteiger partial charge in [-0.2, -0.15) is 13.2 Å². The summed E-state index contributed by atoms with van der Waals surface area (Å²) in [5, 5.41) is 0.665. The number of alkyl halides is 4. The average molecular weight is 430 g/mol. The summed E-state index contributed by atoms with van der Waals surface area (Å²) in [5.41, 5.74) is 5.52. The topological polar surface area (TPSA) is 84.1 Å². The molecule has 2 aliphatic carbocycles. The Hall–Kier alpha value is -1.94. The Morgan fingerprint density at radius 2 is 1.83 bits per heavy atom. The molecule has 6 nitrogen and oxygen atoms in total. The van der Waals surface area contributed by atoms with Gasteiger partial charge in [-0.05, 0) is 56.7 Å². The van der Waals surface area contributed by atoms with Gasteiger partial charge in [0.2, 0.25) is 0 Å². The molecule has 1 aromatic heterocycles. The van der Waals surface area contributed by atoms with Crippen LogP contribution in [0.3, 0.4) is 0 Å². The van der Waals surface area contributed by atoms with E-state index in [4.69, 9.17) is 5.73 Å². The molecule has 3 N–H and O–H groups in total. The van der Waals surface area contributed by atoms with Crippen molar-refractivity contribution in [3.8, 4) is 0 Å². The Balaban J connectivity index is 1.75. The number of aromatic amines is 1. The number of rotatable bonds is 4. The fourth-order valence-electron chi connectivity index (χ4n) is 5.03. The molecule has 4 rings (SSSR count). The van der Waals surface area contributed by atoms with Crippen molar-refractivity contribution >= 4 is 11.1 Å². The summed E-state index contributed by atoms with van der Waals surface area (Å²) >= 11 is 0. The molecule has 4 atom stereocenters. The minimum atomic E-state index is -4.34. The lowest BCUT2D eigenvalue weighted by molar-refractivity contribution is -0.140. The summed E-state index contributed by atoms with van der Waals surface area (Å²) < 4.78 is 55.2. The molecule has 1 aliphatic heterocycles. The minimum Gasteiger partial charge on any atom is -0.327 e. The van der Waals surface area contributed by atoms with Gasteiger partial charge in [0.05, 0.1) is 23.0 Å².